The second-order valence-corrected chi connectivity index (χ2v) is 9.16. The molecular formula is C26H24ClN7O4. The summed E-state index contributed by atoms with van der Waals surface area (Å²) in [4.78, 5) is 25.2. The minimum atomic E-state index is -1.17. The van der Waals surface area contributed by atoms with E-state index < -0.39 is 12.1 Å². The lowest BCUT2D eigenvalue weighted by Gasteiger charge is -2.19. The Hall–Kier alpha value is -4.64. The highest BCUT2D eigenvalue weighted by molar-refractivity contribution is 6.30. The van der Waals surface area contributed by atoms with Gasteiger partial charge in [-0.05, 0) is 50.1 Å². The number of aromatic nitrogens is 5. The van der Waals surface area contributed by atoms with Crippen molar-refractivity contribution in [2.45, 2.75) is 26.3 Å². The molecule has 0 saturated carbocycles. The number of nitrogen functional groups attached to an aromatic ring is 1. The molecule has 0 fully saturated rings. The Morgan fingerprint density at radius 1 is 1.24 bits per heavy atom. The van der Waals surface area contributed by atoms with Gasteiger partial charge in [0.25, 0.3) is 0 Å². The van der Waals surface area contributed by atoms with E-state index in [1.54, 1.807) is 42.8 Å². The van der Waals surface area contributed by atoms with Gasteiger partial charge in [0.15, 0.2) is 17.2 Å². The number of nitrogens with two attached hydrogens (primary N) is 1. The molecule has 0 radical (unpaired) electrons. The second-order valence-electron chi connectivity index (χ2n) is 8.73. The molecule has 4 heterocycles. The standard InChI is InChI=1S/C26H24ClN7O4/c1-13-22-25(34-33-13)29-11-20(31-22)19-10-21(24(28)32-23(19)18-6-7-37-14(18)2)38-12-17(30-26(35)36)9-15-4-3-5-16(27)8-15/h3-8,10-11,17,30H,9,12H2,1-2H3,(H2,28,32)(H,35,36)(H,29,33,34)/t17-/m0/s1. The fraction of sp³-hybridized carbons (Fsp3) is 0.192. The zero-order chi connectivity index (χ0) is 26.8. The van der Waals surface area contributed by atoms with E-state index in [-0.39, 0.29) is 18.2 Å². The molecule has 0 saturated heterocycles. The van der Waals surface area contributed by atoms with Gasteiger partial charge in [0, 0.05) is 16.1 Å². The quantitative estimate of drug-likeness (QED) is 0.219. The number of pyridine rings is 1. The van der Waals surface area contributed by atoms with E-state index in [1.807, 2.05) is 19.9 Å². The number of amides is 1. The number of H-pyrrole nitrogens is 1. The van der Waals surface area contributed by atoms with Crippen LogP contribution in [0.5, 0.6) is 5.75 Å². The summed E-state index contributed by atoms with van der Waals surface area (Å²) in [7, 11) is 0. The molecule has 12 heteroatoms. The molecule has 1 amide bonds. The van der Waals surface area contributed by atoms with Gasteiger partial charge in [-0.15, -0.1) is 0 Å². The van der Waals surface area contributed by atoms with Gasteiger partial charge in [-0.1, -0.05) is 23.7 Å². The van der Waals surface area contributed by atoms with Gasteiger partial charge < -0.3 is 25.3 Å². The fourth-order valence-electron chi connectivity index (χ4n) is 4.16. The number of rotatable bonds is 8. The largest absolute Gasteiger partial charge is 0.488 e. The van der Waals surface area contributed by atoms with Crippen LogP contribution in [-0.4, -0.2) is 49.0 Å². The number of aryl methyl sites for hydroxylation is 2. The smallest absolute Gasteiger partial charge is 0.405 e. The minimum Gasteiger partial charge on any atom is -0.488 e. The first-order valence-electron chi connectivity index (χ1n) is 11.7. The average molecular weight is 534 g/mol. The van der Waals surface area contributed by atoms with Crippen molar-refractivity contribution in [2.75, 3.05) is 12.3 Å². The van der Waals surface area contributed by atoms with Crippen molar-refractivity contribution in [1.82, 2.24) is 30.5 Å². The van der Waals surface area contributed by atoms with Gasteiger partial charge in [-0.2, -0.15) is 5.10 Å². The molecule has 4 aromatic heterocycles. The zero-order valence-electron chi connectivity index (χ0n) is 20.5. The summed E-state index contributed by atoms with van der Waals surface area (Å²) in [5, 5.41) is 19.4. The van der Waals surface area contributed by atoms with E-state index in [4.69, 9.17) is 31.5 Å². The number of hydrogen-bond donors (Lipinski definition) is 4. The van der Waals surface area contributed by atoms with Crippen LogP contribution in [0.4, 0.5) is 10.6 Å². The molecule has 38 heavy (non-hydrogen) atoms. The molecule has 0 bridgehead atoms. The second kappa shape index (κ2) is 10.4. The summed E-state index contributed by atoms with van der Waals surface area (Å²) < 4.78 is 11.5. The van der Waals surface area contributed by atoms with Crippen LogP contribution in [0.1, 0.15) is 17.0 Å². The first-order chi connectivity index (χ1) is 18.3. The molecule has 1 aromatic carbocycles. The van der Waals surface area contributed by atoms with Crippen LogP contribution in [-0.2, 0) is 6.42 Å². The highest BCUT2D eigenvalue weighted by atomic mass is 35.5. The van der Waals surface area contributed by atoms with Gasteiger partial charge in [0.1, 0.15) is 17.9 Å². The molecule has 0 aliphatic rings. The van der Waals surface area contributed by atoms with Crippen LogP contribution >= 0.6 is 11.6 Å². The molecule has 194 valence electrons. The fourth-order valence-corrected chi connectivity index (χ4v) is 4.37. The first kappa shape index (κ1) is 25.0. The lowest BCUT2D eigenvalue weighted by molar-refractivity contribution is 0.181. The van der Waals surface area contributed by atoms with E-state index in [0.717, 1.165) is 16.8 Å². The van der Waals surface area contributed by atoms with Gasteiger partial charge in [-0.3, -0.25) is 5.10 Å². The summed E-state index contributed by atoms with van der Waals surface area (Å²) in [6, 6.07) is 10.2. The predicted molar refractivity (Wildman–Crippen MR) is 142 cm³/mol. The van der Waals surface area contributed by atoms with Crippen LogP contribution in [0.25, 0.3) is 33.7 Å². The Balaban J connectivity index is 1.51. The summed E-state index contributed by atoms with van der Waals surface area (Å²) in [6.45, 7) is 3.69. The number of halogens is 1. The number of nitrogens with zero attached hydrogens (tertiary/aromatic N) is 4. The van der Waals surface area contributed by atoms with Crippen molar-refractivity contribution in [3.05, 3.63) is 70.9 Å². The Bertz CT molecular complexity index is 1630. The van der Waals surface area contributed by atoms with E-state index in [0.29, 0.717) is 45.3 Å². The van der Waals surface area contributed by atoms with Crippen LogP contribution in [0.3, 0.4) is 0 Å². The average Bonchev–Trinajstić information content (AvgIpc) is 3.47. The van der Waals surface area contributed by atoms with Gasteiger partial charge in [0.05, 0.1) is 35.6 Å². The lowest BCUT2D eigenvalue weighted by Crippen LogP contribution is -2.40. The third-order valence-electron chi connectivity index (χ3n) is 5.98. The minimum absolute atomic E-state index is 0.000228. The molecule has 0 spiro atoms. The molecule has 5 rings (SSSR count). The van der Waals surface area contributed by atoms with Crippen molar-refractivity contribution in [3.8, 4) is 28.3 Å². The third-order valence-corrected chi connectivity index (χ3v) is 6.22. The summed E-state index contributed by atoms with van der Waals surface area (Å²) in [6.07, 6.45) is 2.37. The van der Waals surface area contributed by atoms with E-state index >= 15 is 0 Å². The number of furan rings is 1. The Labute approximate surface area is 222 Å². The monoisotopic (exact) mass is 533 g/mol. The molecule has 5 aromatic rings. The highest BCUT2D eigenvalue weighted by Crippen LogP contribution is 2.37. The van der Waals surface area contributed by atoms with E-state index in [9.17, 15) is 9.90 Å². The number of carbonyl (C=O) groups is 1. The molecule has 0 unspecified atom stereocenters. The van der Waals surface area contributed by atoms with E-state index in [1.165, 1.54) is 0 Å². The molecule has 1 atom stereocenters. The number of benzene rings is 1. The number of fused-ring (bicyclic) bond motifs is 1. The van der Waals surface area contributed by atoms with E-state index in [2.05, 4.69) is 25.5 Å². The topological polar surface area (TPSA) is 165 Å². The van der Waals surface area contributed by atoms with Gasteiger partial charge in [0.2, 0.25) is 0 Å². The van der Waals surface area contributed by atoms with Crippen LogP contribution in [0.2, 0.25) is 5.02 Å². The zero-order valence-corrected chi connectivity index (χ0v) is 21.3. The van der Waals surface area contributed by atoms with Gasteiger partial charge >= 0.3 is 6.09 Å². The Morgan fingerprint density at radius 3 is 2.82 bits per heavy atom. The third kappa shape index (κ3) is 5.23. The van der Waals surface area contributed by atoms with Gasteiger partial charge in [-0.25, -0.2) is 19.7 Å². The molecule has 0 aliphatic heterocycles. The number of carboxylic acid groups (broad SMARTS) is 1. The highest BCUT2D eigenvalue weighted by Gasteiger charge is 2.21. The number of nitrogens with one attached hydrogen (secondary N) is 2. The number of aromatic amines is 1. The summed E-state index contributed by atoms with van der Waals surface area (Å²) in [5.41, 5.74) is 11.5. The molecule has 11 nitrogen and oxygen atoms in total. The maximum absolute atomic E-state index is 11.4. The SMILES string of the molecule is Cc1occc1-c1nc(N)c(OC[C@H](Cc2cccc(Cl)c2)NC(=O)O)cc1-c1cnc2n[nH]c(C)c2n1. The molecular weight excluding hydrogens is 510 g/mol. The van der Waals surface area contributed by atoms with Crippen LogP contribution < -0.4 is 15.8 Å². The number of anilines is 1. The number of hydrogen-bond acceptors (Lipinski definition) is 8. The Morgan fingerprint density at radius 2 is 2.08 bits per heavy atom. The van der Waals surface area contributed by atoms with Crippen molar-refractivity contribution >= 4 is 34.7 Å². The first-order valence-corrected chi connectivity index (χ1v) is 12.1. The summed E-state index contributed by atoms with van der Waals surface area (Å²) >= 11 is 6.09. The normalized spacial score (nSPS) is 12.0. The van der Waals surface area contributed by atoms with Crippen molar-refractivity contribution in [3.63, 3.8) is 0 Å². The summed E-state index contributed by atoms with van der Waals surface area (Å²) in [5.74, 6) is 1.07. The Kier molecular flexibility index (Phi) is 6.84. The van der Waals surface area contributed by atoms with Crippen molar-refractivity contribution < 1.29 is 19.1 Å². The maximum Gasteiger partial charge on any atom is 0.405 e. The van der Waals surface area contributed by atoms with Crippen LogP contribution in [0.15, 0.2) is 53.3 Å². The lowest BCUT2D eigenvalue weighted by atomic mass is 10.0. The van der Waals surface area contributed by atoms with Crippen LogP contribution in [0, 0.1) is 13.8 Å². The predicted octanol–water partition coefficient (Wildman–Crippen LogP) is 4.79. The van der Waals surface area contributed by atoms with Crippen molar-refractivity contribution in [2.24, 2.45) is 0 Å². The molecule has 5 N–H and O–H groups in total. The molecule has 0 aliphatic carbocycles. The van der Waals surface area contributed by atoms with Crippen molar-refractivity contribution in [1.29, 1.82) is 0 Å². The number of ether oxygens (including phenoxy) is 1. The maximum atomic E-state index is 11.4.